The topological polar surface area (TPSA) is 85.9 Å². The Morgan fingerprint density at radius 2 is 1.44 bits per heavy atom. The molecule has 0 saturated carbocycles. The minimum atomic E-state index is -0.743. The van der Waals surface area contributed by atoms with Gasteiger partial charge in [-0.15, -0.1) is 0 Å². The molecule has 1 unspecified atom stereocenters. The quantitative estimate of drug-likeness (QED) is 0.551. The van der Waals surface area contributed by atoms with Crippen LogP contribution in [0.15, 0.2) is 54.6 Å². The number of anilines is 1. The lowest BCUT2D eigenvalue weighted by Crippen LogP contribution is -2.47. The third-order valence-corrected chi connectivity index (χ3v) is 5.18. The Labute approximate surface area is 187 Å². The van der Waals surface area contributed by atoms with Crippen molar-refractivity contribution < 1.29 is 23.8 Å². The van der Waals surface area contributed by atoms with Crippen LogP contribution in [0.4, 0.5) is 5.69 Å². The number of hydrogen-bond donors (Lipinski definition) is 2. The van der Waals surface area contributed by atoms with E-state index in [1.807, 2.05) is 56.3 Å². The zero-order valence-corrected chi connectivity index (χ0v) is 18.9. The number of carbonyl (C=O) groups is 2. The fourth-order valence-corrected chi connectivity index (χ4v) is 3.46. The molecule has 0 aliphatic carbocycles. The first-order valence-corrected chi connectivity index (χ1v) is 10.3. The van der Waals surface area contributed by atoms with Gasteiger partial charge in [-0.05, 0) is 41.0 Å². The Hall–Kier alpha value is -3.74. The molecule has 2 N–H and O–H groups in total. The predicted octanol–water partition coefficient (Wildman–Crippen LogP) is 4.26. The van der Waals surface area contributed by atoms with E-state index in [1.165, 1.54) is 21.3 Å². The number of hydrogen-bond acceptors (Lipinski definition) is 5. The van der Waals surface area contributed by atoms with E-state index in [0.717, 1.165) is 10.8 Å². The van der Waals surface area contributed by atoms with E-state index in [4.69, 9.17) is 14.2 Å². The van der Waals surface area contributed by atoms with Crippen molar-refractivity contribution in [2.75, 3.05) is 26.6 Å². The van der Waals surface area contributed by atoms with E-state index in [-0.39, 0.29) is 11.8 Å². The molecule has 2 amide bonds. The largest absolute Gasteiger partial charge is 0.493 e. The van der Waals surface area contributed by atoms with E-state index in [0.29, 0.717) is 28.5 Å². The van der Waals surface area contributed by atoms with Crippen LogP contribution in [0, 0.1) is 5.92 Å². The van der Waals surface area contributed by atoms with Gasteiger partial charge in [0.2, 0.25) is 11.7 Å². The third-order valence-electron chi connectivity index (χ3n) is 5.18. The number of ether oxygens (including phenoxy) is 3. The standard InChI is InChI=1S/C25H28N2O5/c1-15(2)22(25(29)26-19-11-10-16-8-6-7-9-17(16)12-19)27-24(28)18-13-20(30-3)23(32-5)21(14-18)31-4/h6-15,22H,1-5H3,(H,26,29)(H,27,28). The number of rotatable bonds is 8. The summed E-state index contributed by atoms with van der Waals surface area (Å²) in [7, 11) is 4.45. The van der Waals surface area contributed by atoms with Gasteiger partial charge in [0.1, 0.15) is 6.04 Å². The number of carbonyl (C=O) groups excluding carboxylic acids is 2. The Bertz CT molecular complexity index is 1100. The number of amides is 2. The summed E-state index contributed by atoms with van der Waals surface area (Å²) >= 11 is 0. The number of nitrogens with one attached hydrogen (secondary N) is 2. The molecule has 0 spiro atoms. The summed E-state index contributed by atoms with van der Waals surface area (Å²) in [5.41, 5.74) is 0.963. The van der Waals surface area contributed by atoms with Crippen molar-refractivity contribution in [2.24, 2.45) is 5.92 Å². The summed E-state index contributed by atoms with van der Waals surface area (Å²) in [6.07, 6.45) is 0. The van der Waals surface area contributed by atoms with Crippen molar-refractivity contribution in [2.45, 2.75) is 19.9 Å². The van der Waals surface area contributed by atoms with Gasteiger partial charge < -0.3 is 24.8 Å². The molecule has 0 fully saturated rings. The van der Waals surface area contributed by atoms with Gasteiger partial charge in [0, 0.05) is 11.3 Å². The van der Waals surface area contributed by atoms with E-state index < -0.39 is 11.9 Å². The second-order valence-corrected chi connectivity index (χ2v) is 7.66. The summed E-state index contributed by atoms with van der Waals surface area (Å²) in [5, 5.41) is 7.85. The molecule has 3 aromatic rings. The van der Waals surface area contributed by atoms with E-state index in [2.05, 4.69) is 10.6 Å². The molecular formula is C25H28N2O5. The molecule has 1 atom stereocenters. The SMILES string of the molecule is COc1cc(C(=O)NC(C(=O)Nc2ccc3ccccc3c2)C(C)C)cc(OC)c1OC. The lowest BCUT2D eigenvalue weighted by Gasteiger charge is -2.22. The Morgan fingerprint density at radius 1 is 0.812 bits per heavy atom. The van der Waals surface area contributed by atoms with Crippen LogP contribution in [0.2, 0.25) is 0 Å². The minimum absolute atomic E-state index is 0.138. The fraction of sp³-hybridized carbons (Fsp3) is 0.280. The van der Waals surface area contributed by atoms with Crippen LogP contribution in [0.25, 0.3) is 10.8 Å². The smallest absolute Gasteiger partial charge is 0.252 e. The monoisotopic (exact) mass is 436 g/mol. The third kappa shape index (κ3) is 4.94. The highest BCUT2D eigenvalue weighted by atomic mass is 16.5. The molecule has 32 heavy (non-hydrogen) atoms. The summed E-state index contributed by atoms with van der Waals surface area (Å²) in [6.45, 7) is 3.75. The highest BCUT2D eigenvalue weighted by Crippen LogP contribution is 2.38. The number of fused-ring (bicyclic) bond motifs is 1. The molecular weight excluding hydrogens is 408 g/mol. The van der Waals surface area contributed by atoms with Gasteiger partial charge in [0.15, 0.2) is 11.5 Å². The maximum atomic E-state index is 13.0. The van der Waals surface area contributed by atoms with Crippen LogP contribution >= 0.6 is 0 Å². The maximum absolute atomic E-state index is 13.0. The van der Waals surface area contributed by atoms with Crippen molar-refractivity contribution in [3.63, 3.8) is 0 Å². The predicted molar refractivity (Wildman–Crippen MR) is 125 cm³/mol. The van der Waals surface area contributed by atoms with Crippen LogP contribution in [0.1, 0.15) is 24.2 Å². The first-order chi connectivity index (χ1) is 15.4. The van der Waals surface area contributed by atoms with Crippen LogP contribution in [0.3, 0.4) is 0 Å². The maximum Gasteiger partial charge on any atom is 0.252 e. The number of benzene rings is 3. The molecule has 7 nitrogen and oxygen atoms in total. The van der Waals surface area contributed by atoms with Gasteiger partial charge in [-0.1, -0.05) is 44.2 Å². The Kier molecular flexibility index (Phi) is 7.20. The van der Waals surface area contributed by atoms with Gasteiger partial charge in [-0.3, -0.25) is 9.59 Å². The van der Waals surface area contributed by atoms with Crippen LogP contribution in [-0.2, 0) is 4.79 Å². The van der Waals surface area contributed by atoms with Gasteiger partial charge in [-0.2, -0.15) is 0 Å². The average molecular weight is 437 g/mol. The molecule has 3 rings (SSSR count). The van der Waals surface area contributed by atoms with E-state index in [9.17, 15) is 9.59 Å². The molecule has 0 bridgehead atoms. The molecule has 7 heteroatoms. The molecule has 0 saturated heterocycles. The van der Waals surface area contributed by atoms with Crippen LogP contribution in [0.5, 0.6) is 17.2 Å². The molecule has 0 aliphatic rings. The second kappa shape index (κ2) is 10.0. The van der Waals surface area contributed by atoms with E-state index in [1.54, 1.807) is 12.1 Å². The molecule has 168 valence electrons. The summed E-state index contributed by atoms with van der Waals surface area (Å²) in [6, 6.07) is 16.0. The summed E-state index contributed by atoms with van der Waals surface area (Å²) in [5.74, 6) is 0.257. The lowest BCUT2D eigenvalue weighted by molar-refractivity contribution is -0.118. The normalized spacial score (nSPS) is 11.7. The van der Waals surface area contributed by atoms with Gasteiger partial charge >= 0.3 is 0 Å². The first-order valence-electron chi connectivity index (χ1n) is 10.3. The molecule has 0 heterocycles. The Balaban J connectivity index is 1.81. The second-order valence-electron chi connectivity index (χ2n) is 7.66. The molecule has 0 aliphatic heterocycles. The van der Waals surface area contributed by atoms with Crippen molar-refractivity contribution in [3.8, 4) is 17.2 Å². The van der Waals surface area contributed by atoms with Crippen LogP contribution in [-0.4, -0.2) is 39.2 Å². The average Bonchev–Trinajstić information content (AvgIpc) is 2.80. The fourth-order valence-electron chi connectivity index (χ4n) is 3.46. The van der Waals surface area contributed by atoms with Crippen molar-refractivity contribution in [1.29, 1.82) is 0 Å². The summed E-state index contributed by atoms with van der Waals surface area (Å²) < 4.78 is 15.9. The van der Waals surface area contributed by atoms with Crippen LogP contribution < -0.4 is 24.8 Å². The highest BCUT2D eigenvalue weighted by Gasteiger charge is 2.26. The number of methoxy groups -OCH3 is 3. The zero-order chi connectivity index (χ0) is 23.3. The van der Waals surface area contributed by atoms with Gasteiger partial charge in [-0.25, -0.2) is 0 Å². The Morgan fingerprint density at radius 3 is 2.00 bits per heavy atom. The van der Waals surface area contributed by atoms with Gasteiger partial charge in [0.05, 0.1) is 21.3 Å². The lowest BCUT2D eigenvalue weighted by atomic mass is 10.0. The van der Waals surface area contributed by atoms with Crippen molar-refractivity contribution in [3.05, 3.63) is 60.2 Å². The summed E-state index contributed by atoms with van der Waals surface area (Å²) in [4.78, 5) is 26.0. The minimum Gasteiger partial charge on any atom is -0.493 e. The van der Waals surface area contributed by atoms with E-state index >= 15 is 0 Å². The molecule has 3 aromatic carbocycles. The first kappa shape index (κ1) is 22.9. The highest BCUT2D eigenvalue weighted by molar-refractivity contribution is 6.02. The zero-order valence-electron chi connectivity index (χ0n) is 18.9. The van der Waals surface area contributed by atoms with Crippen molar-refractivity contribution in [1.82, 2.24) is 5.32 Å². The molecule has 0 aromatic heterocycles. The van der Waals surface area contributed by atoms with Gasteiger partial charge in [0.25, 0.3) is 5.91 Å². The van der Waals surface area contributed by atoms with Crippen molar-refractivity contribution >= 4 is 28.3 Å². The molecule has 0 radical (unpaired) electrons.